The maximum Gasteiger partial charge on any atom is 0.139 e. The van der Waals surface area contributed by atoms with Crippen LogP contribution in [0.1, 0.15) is 0 Å². The number of aromatic nitrogens is 2. The highest BCUT2D eigenvalue weighted by Gasteiger charge is 2.24. The van der Waals surface area contributed by atoms with Gasteiger partial charge in [0.25, 0.3) is 0 Å². The first-order valence-corrected chi connectivity index (χ1v) is 6.59. The van der Waals surface area contributed by atoms with E-state index in [9.17, 15) is 5.11 Å². The van der Waals surface area contributed by atoms with Crippen molar-refractivity contribution in [3.63, 3.8) is 0 Å². The summed E-state index contributed by atoms with van der Waals surface area (Å²) < 4.78 is 2.05. The standard InChI is InChI=1S/C14H12ClN3O/c15-9-1-2-13-12(5-9)16-14-6-10(3-4-18(13)14)17-7-11(19)8-17/h1-6,11,19H,7-8H2. The molecule has 1 N–H and O–H groups in total. The second-order valence-electron chi connectivity index (χ2n) is 4.92. The highest BCUT2D eigenvalue weighted by molar-refractivity contribution is 6.31. The third-order valence-electron chi connectivity index (χ3n) is 3.58. The number of benzene rings is 1. The van der Waals surface area contributed by atoms with E-state index in [0.717, 1.165) is 22.4 Å². The van der Waals surface area contributed by atoms with E-state index in [4.69, 9.17) is 11.6 Å². The number of aliphatic hydroxyl groups is 1. The molecule has 0 unspecified atom stereocenters. The predicted molar refractivity (Wildman–Crippen MR) is 75.9 cm³/mol. The summed E-state index contributed by atoms with van der Waals surface area (Å²) >= 11 is 5.99. The molecule has 4 nitrogen and oxygen atoms in total. The summed E-state index contributed by atoms with van der Waals surface area (Å²) in [7, 11) is 0. The second-order valence-corrected chi connectivity index (χ2v) is 5.35. The average molecular weight is 274 g/mol. The van der Waals surface area contributed by atoms with Crippen LogP contribution in [-0.4, -0.2) is 33.7 Å². The minimum atomic E-state index is -0.200. The number of pyridine rings is 1. The van der Waals surface area contributed by atoms with Crippen LogP contribution < -0.4 is 4.90 Å². The minimum Gasteiger partial charge on any atom is -0.389 e. The first-order valence-electron chi connectivity index (χ1n) is 6.21. The molecule has 0 atom stereocenters. The number of fused-ring (bicyclic) bond motifs is 3. The molecule has 1 aromatic carbocycles. The largest absolute Gasteiger partial charge is 0.389 e. The predicted octanol–water partition coefficient (Wildman–Crippen LogP) is 2.32. The van der Waals surface area contributed by atoms with Crippen LogP contribution in [-0.2, 0) is 0 Å². The molecule has 0 amide bonds. The number of aliphatic hydroxyl groups excluding tert-OH is 1. The summed E-state index contributed by atoms with van der Waals surface area (Å²) in [5.74, 6) is 0. The summed E-state index contributed by atoms with van der Waals surface area (Å²) in [6, 6.07) is 9.81. The Labute approximate surface area is 114 Å². The lowest BCUT2D eigenvalue weighted by Crippen LogP contribution is -2.50. The van der Waals surface area contributed by atoms with Crippen LogP contribution in [0.15, 0.2) is 36.5 Å². The first-order chi connectivity index (χ1) is 9.20. The number of hydrogen-bond acceptors (Lipinski definition) is 3. The topological polar surface area (TPSA) is 40.8 Å². The van der Waals surface area contributed by atoms with E-state index in [1.54, 1.807) is 0 Å². The number of nitrogens with zero attached hydrogens (tertiary/aromatic N) is 3. The summed E-state index contributed by atoms with van der Waals surface area (Å²) in [6.07, 6.45) is 1.81. The molecule has 0 saturated carbocycles. The number of anilines is 1. The fourth-order valence-electron chi connectivity index (χ4n) is 2.54. The van der Waals surface area contributed by atoms with E-state index in [1.165, 1.54) is 0 Å². The number of imidazole rings is 1. The number of hydrogen-bond donors (Lipinski definition) is 1. The SMILES string of the molecule is OC1CN(c2ccn3c(c2)nc2cc(Cl)ccc23)C1. The lowest BCUT2D eigenvalue weighted by molar-refractivity contribution is 0.142. The molecular weight excluding hydrogens is 262 g/mol. The van der Waals surface area contributed by atoms with Gasteiger partial charge >= 0.3 is 0 Å². The average Bonchev–Trinajstić information content (AvgIpc) is 2.71. The molecule has 0 radical (unpaired) electrons. The van der Waals surface area contributed by atoms with Gasteiger partial charge in [-0.1, -0.05) is 11.6 Å². The molecule has 0 spiro atoms. The summed E-state index contributed by atoms with van der Waals surface area (Å²) in [6.45, 7) is 1.39. The van der Waals surface area contributed by atoms with Crippen LogP contribution in [0.4, 0.5) is 5.69 Å². The van der Waals surface area contributed by atoms with Gasteiger partial charge in [0.1, 0.15) is 5.65 Å². The molecule has 2 aromatic heterocycles. The minimum absolute atomic E-state index is 0.200. The Kier molecular flexibility index (Phi) is 2.25. The quantitative estimate of drug-likeness (QED) is 0.740. The van der Waals surface area contributed by atoms with Crippen LogP contribution in [0, 0.1) is 0 Å². The molecule has 1 fully saturated rings. The van der Waals surface area contributed by atoms with Gasteiger partial charge in [-0.2, -0.15) is 0 Å². The fraction of sp³-hybridized carbons (Fsp3) is 0.214. The number of halogens is 1. The van der Waals surface area contributed by atoms with Crippen molar-refractivity contribution in [3.8, 4) is 0 Å². The van der Waals surface area contributed by atoms with Gasteiger partial charge < -0.3 is 10.0 Å². The van der Waals surface area contributed by atoms with E-state index in [2.05, 4.69) is 16.0 Å². The zero-order valence-electron chi connectivity index (χ0n) is 10.1. The molecule has 4 rings (SSSR count). The van der Waals surface area contributed by atoms with Gasteiger partial charge in [0.2, 0.25) is 0 Å². The smallest absolute Gasteiger partial charge is 0.139 e. The zero-order valence-corrected chi connectivity index (χ0v) is 10.9. The molecule has 1 saturated heterocycles. The van der Waals surface area contributed by atoms with Crippen LogP contribution in [0.25, 0.3) is 16.7 Å². The third-order valence-corrected chi connectivity index (χ3v) is 3.81. The Morgan fingerprint density at radius 1 is 1.21 bits per heavy atom. The third kappa shape index (κ3) is 1.68. The number of rotatable bonds is 1. The molecule has 3 heterocycles. The molecule has 1 aliphatic heterocycles. The molecular formula is C14H12ClN3O. The lowest BCUT2D eigenvalue weighted by atomic mass is 10.1. The van der Waals surface area contributed by atoms with Gasteiger partial charge in [0.15, 0.2) is 0 Å². The fourth-order valence-corrected chi connectivity index (χ4v) is 2.71. The highest BCUT2D eigenvalue weighted by atomic mass is 35.5. The van der Waals surface area contributed by atoms with E-state index in [0.29, 0.717) is 18.1 Å². The van der Waals surface area contributed by atoms with Gasteiger partial charge in [-0.3, -0.25) is 4.40 Å². The molecule has 1 aliphatic rings. The summed E-state index contributed by atoms with van der Waals surface area (Å²) in [5.41, 5.74) is 3.94. The Balaban J connectivity index is 1.87. The maximum atomic E-state index is 9.36. The highest BCUT2D eigenvalue weighted by Crippen LogP contribution is 2.25. The van der Waals surface area contributed by atoms with Crippen LogP contribution >= 0.6 is 11.6 Å². The van der Waals surface area contributed by atoms with Crippen molar-refractivity contribution in [1.82, 2.24) is 9.38 Å². The van der Waals surface area contributed by atoms with E-state index < -0.39 is 0 Å². The van der Waals surface area contributed by atoms with Gasteiger partial charge in [-0.15, -0.1) is 0 Å². The van der Waals surface area contributed by atoms with Crippen molar-refractivity contribution in [1.29, 1.82) is 0 Å². The monoisotopic (exact) mass is 273 g/mol. The van der Waals surface area contributed by atoms with E-state index in [1.807, 2.05) is 34.9 Å². The van der Waals surface area contributed by atoms with Crippen molar-refractivity contribution in [2.24, 2.45) is 0 Å². The Morgan fingerprint density at radius 3 is 2.84 bits per heavy atom. The Bertz CT molecular complexity index is 777. The van der Waals surface area contributed by atoms with Crippen molar-refractivity contribution in [3.05, 3.63) is 41.6 Å². The van der Waals surface area contributed by atoms with Gasteiger partial charge in [-0.05, 0) is 24.3 Å². The van der Waals surface area contributed by atoms with Crippen LogP contribution in [0.5, 0.6) is 0 Å². The molecule has 0 aliphatic carbocycles. The van der Waals surface area contributed by atoms with Gasteiger partial charge in [-0.25, -0.2) is 4.98 Å². The van der Waals surface area contributed by atoms with E-state index in [-0.39, 0.29) is 6.10 Å². The van der Waals surface area contributed by atoms with Crippen LogP contribution in [0.3, 0.4) is 0 Å². The Morgan fingerprint density at radius 2 is 2.05 bits per heavy atom. The van der Waals surface area contributed by atoms with Crippen molar-refractivity contribution < 1.29 is 5.11 Å². The zero-order chi connectivity index (χ0) is 13.0. The van der Waals surface area contributed by atoms with Crippen LogP contribution in [0.2, 0.25) is 5.02 Å². The van der Waals surface area contributed by atoms with E-state index >= 15 is 0 Å². The van der Waals surface area contributed by atoms with Crippen molar-refractivity contribution in [2.75, 3.05) is 18.0 Å². The summed E-state index contributed by atoms with van der Waals surface area (Å²) in [4.78, 5) is 6.72. The van der Waals surface area contributed by atoms with Crippen molar-refractivity contribution in [2.45, 2.75) is 6.10 Å². The second kappa shape index (κ2) is 3.85. The molecule has 19 heavy (non-hydrogen) atoms. The Hall–Kier alpha value is -1.78. The molecule has 96 valence electrons. The van der Waals surface area contributed by atoms with Gasteiger partial charge in [0.05, 0.1) is 17.1 Å². The molecule has 5 heteroatoms. The first kappa shape index (κ1) is 11.1. The molecule has 0 bridgehead atoms. The summed E-state index contributed by atoms with van der Waals surface area (Å²) in [5, 5.41) is 10.1. The maximum absolute atomic E-state index is 9.36. The normalized spacial score (nSPS) is 16.2. The van der Waals surface area contributed by atoms with Gasteiger partial charge in [0, 0.05) is 36.1 Å². The number of β-amino-alcohol motifs (C(OH)–C–C–N with tert-alkyl or cyclic N) is 1. The molecule has 3 aromatic rings. The lowest BCUT2D eigenvalue weighted by Gasteiger charge is -2.37. The van der Waals surface area contributed by atoms with Crippen molar-refractivity contribution >= 4 is 34.0 Å².